The minimum atomic E-state index is -5.23. The number of amides is 1. The number of hydrogen-bond acceptors (Lipinski definition) is 5. The van der Waals surface area contributed by atoms with Gasteiger partial charge in [-0.1, -0.05) is 12.1 Å². The van der Waals surface area contributed by atoms with Gasteiger partial charge in [0, 0.05) is 25.1 Å². The first-order valence-electron chi connectivity index (χ1n) is 12.9. The standard InChI is InChI=1S/C26H27F6N3O4S/c27-25(28,29)12-2-14-39-20-7-5-18(6-8-20)24(26(30,31)32)16-17(22-11-13-34(33-22)19-3-1-4-19)15-23(36)35(24)40(37,38)21-9-10-21/h5-8,11,13,15,19,21H,1-4,9-10,12,14,16H2. The van der Waals surface area contributed by atoms with Gasteiger partial charge in [0.15, 0.2) is 5.54 Å². The van der Waals surface area contributed by atoms with Crippen molar-refractivity contribution >= 4 is 21.5 Å². The summed E-state index contributed by atoms with van der Waals surface area (Å²) in [5.41, 5.74) is -3.66. The van der Waals surface area contributed by atoms with Crippen molar-refractivity contribution in [1.29, 1.82) is 0 Å². The molecule has 2 aliphatic carbocycles. The van der Waals surface area contributed by atoms with Crippen LogP contribution < -0.4 is 4.74 Å². The molecule has 0 N–H and O–H groups in total. The predicted octanol–water partition coefficient (Wildman–Crippen LogP) is 5.90. The Bertz CT molecular complexity index is 1390. The maximum absolute atomic E-state index is 15.2. The van der Waals surface area contributed by atoms with Crippen LogP contribution >= 0.6 is 0 Å². The van der Waals surface area contributed by atoms with E-state index in [2.05, 4.69) is 5.10 Å². The minimum absolute atomic E-state index is 0.0111. The smallest absolute Gasteiger partial charge is 0.417 e. The summed E-state index contributed by atoms with van der Waals surface area (Å²) in [7, 11) is -4.67. The molecule has 0 bridgehead atoms. The van der Waals surface area contributed by atoms with Crippen LogP contribution in [0.3, 0.4) is 0 Å². The maximum Gasteiger partial charge on any atom is 0.417 e. The van der Waals surface area contributed by atoms with Crippen molar-refractivity contribution in [3.8, 4) is 5.75 Å². The van der Waals surface area contributed by atoms with Crippen LogP contribution in [0.5, 0.6) is 5.75 Å². The molecule has 2 saturated carbocycles. The third kappa shape index (κ3) is 5.34. The first kappa shape index (κ1) is 28.5. The average Bonchev–Trinajstić information content (AvgIpc) is 3.59. The lowest BCUT2D eigenvalue weighted by molar-refractivity contribution is -0.221. The zero-order chi connectivity index (χ0) is 28.9. The topological polar surface area (TPSA) is 81.5 Å². The van der Waals surface area contributed by atoms with E-state index in [1.165, 1.54) is 6.07 Å². The molecule has 14 heteroatoms. The third-order valence-electron chi connectivity index (χ3n) is 7.55. The van der Waals surface area contributed by atoms with Gasteiger partial charge in [0.1, 0.15) is 5.75 Å². The van der Waals surface area contributed by atoms with Crippen LogP contribution in [0.15, 0.2) is 42.6 Å². The monoisotopic (exact) mass is 591 g/mol. The second-order valence-corrected chi connectivity index (χ2v) is 12.5. The molecule has 0 radical (unpaired) electrons. The van der Waals surface area contributed by atoms with Gasteiger partial charge in [0.2, 0.25) is 10.0 Å². The van der Waals surface area contributed by atoms with E-state index in [0.29, 0.717) is 0 Å². The number of aromatic nitrogens is 2. The van der Waals surface area contributed by atoms with Crippen molar-refractivity contribution in [2.45, 2.75) is 80.5 Å². The van der Waals surface area contributed by atoms with E-state index in [-0.39, 0.29) is 53.2 Å². The molecule has 1 amide bonds. The summed E-state index contributed by atoms with van der Waals surface area (Å²) in [6.07, 6.45) is -6.30. The van der Waals surface area contributed by atoms with E-state index in [0.717, 1.165) is 49.6 Å². The van der Waals surface area contributed by atoms with Gasteiger partial charge in [-0.15, -0.1) is 0 Å². The summed E-state index contributed by atoms with van der Waals surface area (Å²) in [6.45, 7) is -0.319. The van der Waals surface area contributed by atoms with Crippen molar-refractivity contribution in [1.82, 2.24) is 14.1 Å². The molecule has 1 aromatic carbocycles. The number of carbonyl (C=O) groups excluding carboxylic acids is 1. The van der Waals surface area contributed by atoms with Gasteiger partial charge < -0.3 is 4.74 Å². The van der Waals surface area contributed by atoms with Crippen LogP contribution in [-0.4, -0.2) is 52.6 Å². The molecular formula is C26H27F6N3O4S. The fraction of sp³-hybridized carbons (Fsp3) is 0.538. The Labute approximate surface area is 226 Å². The van der Waals surface area contributed by atoms with Crippen LogP contribution in [0.1, 0.15) is 68.7 Å². The Morgan fingerprint density at radius 2 is 1.68 bits per heavy atom. The van der Waals surface area contributed by atoms with Gasteiger partial charge >= 0.3 is 12.4 Å². The molecule has 1 aliphatic heterocycles. The number of ether oxygens (including phenoxy) is 1. The lowest BCUT2D eigenvalue weighted by Crippen LogP contribution is -2.62. The first-order chi connectivity index (χ1) is 18.7. The van der Waals surface area contributed by atoms with Crippen molar-refractivity contribution < 1.29 is 44.3 Å². The summed E-state index contributed by atoms with van der Waals surface area (Å²) in [5.74, 6) is -1.30. The van der Waals surface area contributed by atoms with E-state index in [1.54, 1.807) is 10.9 Å². The van der Waals surface area contributed by atoms with Crippen molar-refractivity contribution in [3.63, 3.8) is 0 Å². The highest BCUT2D eigenvalue weighted by molar-refractivity contribution is 7.90. The first-order valence-corrected chi connectivity index (χ1v) is 14.4. The molecule has 3 aliphatic rings. The largest absolute Gasteiger partial charge is 0.494 e. The number of sulfonamides is 1. The molecule has 2 heterocycles. The van der Waals surface area contributed by atoms with Crippen molar-refractivity contribution in [2.24, 2.45) is 0 Å². The van der Waals surface area contributed by atoms with Crippen LogP contribution in [0.4, 0.5) is 26.3 Å². The van der Waals surface area contributed by atoms with E-state index < -0.39 is 57.5 Å². The summed E-state index contributed by atoms with van der Waals surface area (Å²) in [5, 5.41) is 3.31. The molecule has 0 saturated heterocycles. The van der Waals surface area contributed by atoms with Gasteiger partial charge in [-0.05, 0) is 67.9 Å². The van der Waals surface area contributed by atoms with Crippen LogP contribution in [0, 0.1) is 0 Å². The third-order valence-corrected chi connectivity index (χ3v) is 9.87. The van der Waals surface area contributed by atoms with E-state index in [4.69, 9.17) is 4.74 Å². The number of nitrogens with zero attached hydrogens (tertiary/aromatic N) is 3. The molecule has 5 rings (SSSR count). The maximum atomic E-state index is 15.2. The fourth-order valence-corrected chi connectivity index (χ4v) is 7.11. The lowest BCUT2D eigenvalue weighted by atomic mass is 9.79. The predicted molar refractivity (Wildman–Crippen MR) is 131 cm³/mol. The number of rotatable bonds is 9. The molecule has 1 unspecified atom stereocenters. The molecule has 40 heavy (non-hydrogen) atoms. The zero-order valence-electron chi connectivity index (χ0n) is 21.2. The quantitative estimate of drug-likeness (QED) is 0.268. The van der Waals surface area contributed by atoms with Crippen molar-refractivity contribution in [2.75, 3.05) is 6.61 Å². The van der Waals surface area contributed by atoms with E-state index in [1.807, 2.05) is 0 Å². The molecule has 1 aromatic heterocycles. The Morgan fingerprint density at radius 1 is 1.00 bits per heavy atom. The molecule has 218 valence electrons. The lowest BCUT2D eigenvalue weighted by Gasteiger charge is -2.46. The average molecular weight is 592 g/mol. The summed E-state index contributed by atoms with van der Waals surface area (Å²) in [4.78, 5) is 13.3. The Balaban J connectivity index is 1.52. The summed E-state index contributed by atoms with van der Waals surface area (Å²) in [6, 6.07) is 5.91. The highest BCUT2D eigenvalue weighted by Gasteiger charge is 2.67. The molecule has 1 atom stereocenters. The SMILES string of the molecule is O=C1C=C(c2ccn(C3CCC3)n2)CC(c2ccc(OCCCC(F)(F)F)cc2)(C(F)(F)F)N1S(=O)(=O)C1CC1. The highest BCUT2D eigenvalue weighted by Crippen LogP contribution is 2.54. The molecular weight excluding hydrogens is 564 g/mol. The highest BCUT2D eigenvalue weighted by atomic mass is 32.2. The number of alkyl halides is 6. The zero-order valence-corrected chi connectivity index (χ0v) is 22.0. The fourth-order valence-electron chi connectivity index (χ4n) is 5.07. The number of carbonyl (C=O) groups is 1. The molecule has 2 fully saturated rings. The van der Waals surface area contributed by atoms with Gasteiger partial charge in [-0.25, -0.2) is 12.7 Å². The second kappa shape index (κ2) is 10.1. The molecule has 2 aromatic rings. The normalized spacial score (nSPS) is 22.7. The van der Waals surface area contributed by atoms with Gasteiger partial charge in [0.05, 0.1) is 23.6 Å². The van der Waals surface area contributed by atoms with Gasteiger partial charge in [0.25, 0.3) is 5.91 Å². The molecule has 7 nitrogen and oxygen atoms in total. The Morgan fingerprint density at radius 3 is 2.23 bits per heavy atom. The minimum Gasteiger partial charge on any atom is -0.494 e. The van der Waals surface area contributed by atoms with E-state index >= 15 is 13.2 Å². The van der Waals surface area contributed by atoms with Crippen LogP contribution in [0.25, 0.3) is 5.57 Å². The van der Waals surface area contributed by atoms with Crippen LogP contribution in [0.2, 0.25) is 0 Å². The van der Waals surface area contributed by atoms with Gasteiger partial charge in [-0.2, -0.15) is 31.4 Å². The number of benzene rings is 1. The summed E-state index contributed by atoms with van der Waals surface area (Å²) >= 11 is 0. The van der Waals surface area contributed by atoms with E-state index in [9.17, 15) is 26.4 Å². The van der Waals surface area contributed by atoms with Gasteiger partial charge in [-0.3, -0.25) is 9.48 Å². The number of hydrogen-bond donors (Lipinski definition) is 0. The van der Waals surface area contributed by atoms with Crippen LogP contribution in [-0.2, 0) is 20.4 Å². The van der Waals surface area contributed by atoms with Crippen molar-refractivity contribution in [3.05, 3.63) is 53.9 Å². The summed E-state index contributed by atoms with van der Waals surface area (Å²) < 4.78 is 116. The Hall–Kier alpha value is -3.03. The number of halogens is 6. The Kier molecular flexibility index (Phi) is 7.20. The second-order valence-electron chi connectivity index (χ2n) is 10.4. The molecule has 0 spiro atoms.